The van der Waals surface area contributed by atoms with Crippen molar-refractivity contribution in [2.45, 2.75) is 45.0 Å². The van der Waals surface area contributed by atoms with Crippen molar-refractivity contribution < 1.29 is 19.7 Å². The van der Waals surface area contributed by atoms with Crippen molar-refractivity contribution in [1.82, 2.24) is 10.3 Å². The molecule has 1 rings (SSSR count). The van der Waals surface area contributed by atoms with Crippen LogP contribution in [0.1, 0.15) is 38.9 Å². The fourth-order valence-electron chi connectivity index (χ4n) is 1.66. The minimum Gasteiger partial charge on any atom is -0.444 e. The summed E-state index contributed by atoms with van der Waals surface area (Å²) in [4.78, 5) is 15.3. The molecular weight excluding hydrogens is 310 g/mol. The number of nitrogens with one attached hydrogen (secondary N) is 1. The van der Waals surface area contributed by atoms with E-state index in [1.807, 2.05) is 0 Å². The Hall–Kier alpha value is -1.57. The molecule has 1 aromatic rings. The maximum atomic E-state index is 11.4. The van der Waals surface area contributed by atoms with Crippen molar-refractivity contribution in [3.05, 3.63) is 23.0 Å². The Balaban J connectivity index is 2.46. The molecule has 8 heteroatoms. The second-order valence-electron chi connectivity index (χ2n) is 5.88. The molecule has 7 nitrogen and oxygen atoms in total. The zero-order chi connectivity index (χ0) is 16.9. The van der Waals surface area contributed by atoms with Gasteiger partial charge in [-0.1, -0.05) is 11.6 Å². The van der Waals surface area contributed by atoms with Gasteiger partial charge in [0.05, 0.1) is 11.8 Å². The van der Waals surface area contributed by atoms with Crippen molar-refractivity contribution in [2.75, 3.05) is 12.3 Å². The Labute approximate surface area is 134 Å². The number of hydrogen-bond acceptors (Lipinski definition) is 6. The van der Waals surface area contributed by atoms with E-state index in [-0.39, 0.29) is 23.8 Å². The van der Waals surface area contributed by atoms with E-state index in [0.717, 1.165) is 0 Å². The van der Waals surface area contributed by atoms with Gasteiger partial charge in [0.2, 0.25) is 0 Å². The zero-order valence-electron chi connectivity index (χ0n) is 12.8. The first kappa shape index (κ1) is 18.5. The molecule has 1 heterocycles. The summed E-state index contributed by atoms with van der Waals surface area (Å²) in [6.07, 6.45) is -1.35. The average molecular weight is 332 g/mol. The summed E-state index contributed by atoms with van der Waals surface area (Å²) in [5, 5.41) is 22.6. The molecule has 2 unspecified atom stereocenters. The number of amides is 1. The molecule has 1 aromatic heterocycles. The van der Waals surface area contributed by atoms with Gasteiger partial charge in [0, 0.05) is 18.3 Å². The number of carbonyl (C=O) groups excluding carboxylic acids is 1. The Bertz CT molecular complexity index is 519. The summed E-state index contributed by atoms with van der Waals surface area (Å²) < 4.78 is 5.06. The van der Waals surface area contributed by atoms with Crippen LogP contribution in [-0.4, -0.2) is 39.5 Å². The molecule has 0 fully saturated rings. The number of aromatic nitrogens is 1. The molecular formula is C14H22ClN3O4. The number of nitrogens with zero attached hydrogens (tertiary/aromatic N) is 1. The highest BCUT2D eigenvalue weighted by molar-refractivity contribution is 6.31. The summed E-state index contributed by atoms with van der Waals surface area (Å²) >= 11 is 5.69. The molecule has 124 valence electrons. The monoisotopic (exact) mass is 331 g/mol. The van der Waals surface area contributed by atoms with Crippen LogP contribution in [0, 0.1) is 0 Å². The van der Waals surface area contributed by atoms with Gasteiger partial charge in [-0.25, -0.2) is 9.78 Å². The Kier molecular flexibility index (Phi) is 6.40. The molecule has 0 saturated heterocycles. The number of aliphatic hydroxyl groups excluding tert-OH is 2. The number of pyridine rings is 1. The molecule has 0 radical (unpaired) electrons. The number of nitrogens with two attached hydrogens (primary N) is 1. The third-order valence-electron chi connectivity index (χ3n) is 2.70. The van der Waals surface area contributed by atoms with Crippen LogP contribution >= 0.6 is 11.6 Å². The van der Waals surface area contributed by atoms with E-state index in [4.69, 9.17) is 22.1 Å². The van der Waals surface area contributed by atoms with Gasteiger partial charge in [-0.15, -0.1) is 0 Å². The molecule has 22 heavy (non-hydrogen) atoms. The van der Waals surface area contributed by atoms with Gasteiger partial charge in [0.15, 0.2) is 5.15 Å². The molecule has 5 N–H and O–H groups in total. The van der Waals surface area contributed by atoms with Crippen molar-refractivity contribution in [2.24, 2.45) is 0 Å². The number of rotatable bonds is 5. The van der Waals surface area contributed by atoms with E-state index in [1.54, 1.807) is 20.8 Å². The zero-order valence-corrected chi connectivity index (χ0v) is 13.6. The van der Waals surface area contributed by atoms with Gasteiger partial charge >= 0.3 is 6.09 Å². The lowest BCUT2D eigenvalue weighted by Gasteiger charge is -2.21. The van der Waals surface area contributed by atoms with Crippen molar-refractivity contribution in [3.8, 4) is 0 Å². The lowest BCUT2D eigenvalue weighted by molar-refractivity contribution is 0.0121. The highest BCUT2D eigenvalue weighted by atomic mass is 35.5. The predicted octanol–water partition coefficient (Wildman–Crippen LogP) is 1.63. The Morgan fingerprint density at radius 3 is 2.68 bits per heavy atom. The van der Waals surface area contributed by atoms with Gasteiger partial charge in [-0.05, 0) is 33.3 Å². The van der Waals surface area contributed by atoms with E-state index >= 15 is 0 Å². The second-order valence-corrected chi connectivity index (χ2v) is 6.24. The molecule has 0 spiro atoms. The summed E-state index contributed by atoms with van der Waals surface area (Å²) in [6.45, 7) is 5.42. The van der Waals surface area contributed by atoms with Crippen LogP contribution < -0.4 is 11.1 Å². The highest BCUT2D eigenvalue weighted by Crippen LogP contribution is 2.23. The molecule has 0 aliphatic heterocycles. The number of alkyl carbamates (subject to hydrolysis) is 1. The fraction of sp³-hybridized carbons (Fsp3) is 0.571. The summed E-state index contributed by atoms with van der Waals surface area (Å²) in [7, 11) is 0. The summed E-state index contributed by atoms with van der Waals surface area (Å²) in [5.74, 6) is 0. The first-order chi connectivity index (χ1) is 10.1. The molecule has 0 saturated carbocycles. The SMILES string of the molecule is CC(C)(C)OC(=O)NCCC(O)C(O)c1cnc(Cl)c(N)c1. The first-order valence-electron chi connectivity index (χ1n) is 6.84. The third kappa shape index (κ3) is 6.05. The maximum Gasteiger partial charge on any atom is 0.407 e. The van der Waals surface area contributed by atoms with Crippen LogP contribution in [0.3, 0.4) is 0 Å². The van der Waals surface area contributed by atoms with Gasteiger partial charge in [0.25, 0.3) is 0 Å². The number of halogens is 1. The highest BCUT2D eigenvalue weighted by Gasteiger charge is 2.20. The summed E-state index contributed by atoms with van der Waals surface area (Å²) in [6, 6.07) is 1.45. The normalized spacial score (nSPS) is 14.3. The van der Waals surface area contributed by atoms with Crippen LogP contribution in [0.15, 0.2) is 12.3 Å². The van der Waals surface area contributed by atoms with E-state index in [9.17, 15) is 15.0 Å². The molecule has 0 aliphatic rings. The van der Waals surface area contributed by atoms with Crippen molar-refractivity contribution >= 4 is 23.4 Å². The van der Waals surface area contributed by atoms with E-state index in [1.165, 1.54) is 12.3 Å². The van der Waals surface area contributed by atoms with Crippen molar-refractivity contribution in [1.29, 1.82) is 0 Å². The molecule has 2 atom stereocenters. The van der Waals surface area contributed by atoms with Crippen LogP contribution in [0.2, 0.25) is 5.15 Å². The topological polar surface area (TPSA) is 118 Å². The quantitative estimate of drug-likeness (QED) is 0.609. The number of carbonyl (C=O) groups is 1. The molecule has 0 aliphatic carbocycles. The summed E-state index contributed by atoms with van der Waals surface area (Å²) in [5.41, 5.74) is 5.58. The third-order valence-corrected chi connectivity index (χ3v) is 3.02. The second kappa shape index (κ2) is 7.62. The molecule has 0 aromatic carbocycles. The van der Waals surface area contributed by atoms with Gasteiger partial charge in [0.1, 0.15) is 11.7 Å². The minimum atomic E-state index is -1.17. The van der Waals surface area contributed by atoms with Crippen LogP contribution in [0.4, 0.5) is 10.5 Å². The minimum absolute atomic E-state index is 0.136. The lowest BCUT2D eigenvalue weighted by Crippen LogP contribution is -2.34. The average Bonchev–Trinajstić information content (AvgIpc) is 2.38. The lowest BCUT2D eigenvalue weighted by atomic mass is 10.0. The predicted molar refractivity (Wildman–Crippen MR) is 83.5 cm³/mol. The van der Waals surface area contributed by atoms with Gasteiger partial charge < -0.3 is 26.0 Å². The maximum absolute atomic E-state index is 11.4. The first-order valence-corrected chi connectivity index (χ1v) is 7.22. The standard InChI is InChI=1S/C14H22ClN3O4/c1-14(2,3)22-13(21)17-5-4-10(19)11(20)8-6-9(16)12(15)18-7-8/h6-7,10-11,19-20H,4-5,16H2,1-3H3,(H,17,21). The van der Waals surface area contributed by atoms with E-state index in [0.29, 0.717) is 5.56 Å². The molecule has 1 amide bonds. The largest absolute Gasteiger partial charge is 0.444 e. The number of aliphatic hydroxyl groups is 2. The number of ether oxygens (including phenoxy) is 1. The van der Waals surface area contributed by atoms with Gasteiger partial charge in [-0.2, -0.15) is 0 Å². The molecule has 0 bridgehead atoms. The number of anilines is 1. The Morgan fingerprint density at radius 1 is 1.50 bits per heavy atom. The van der Waals surface area contributed by atoms with E-state index in [2.05, 4.69) is 10.3 Å². The number of nitrogen functional groups attached to an aromatic ring is 1. The number of hydrogen-bond donors (Lipinski definition) is 4. The van der Waals surface area contributed by atoms with Crippen LogP contribution in [0.25, 0.3) is 0 Å². The van der Waals surface area contributed by atoms with Gasteiger partial charge in [-0.3, -0.25) is 0 Å². The van der Waals surface area contributed by atoms with E-state index < -0.39 is 23.9 Å². The van der Waals surface area contributed by atoms with Crippen LogP contribution in [0.5, 0.6) is 0 Å². The Morgan fingerprint density at radius 2 is 2.14 bits per heavy atom. The van der Waals surface area contributed by atoms with Crippen LogP contribution in [-0.2, 0) is 4.74 Å². The fourth-order valence-corrected chi connectivity index (χ4v) is 1.76. The smallest absolute Gasteiger partial charge is 0.407 e. The van der Waals surface area contributed by atoms with Crippen molar-refractivity contribution in [3.63, 3.8) is 0 Å².